The maximum Gasteiger partial charge on any atom is 0.253 e. The number of benzene rings is 1. The zero-order valence-corrected chi connectivity index (χ0v) is 15.3. The van der Waals surface area contributed by atoms with Crippen LogP contribution in [0.25, 0.3) is 0 Å². The Morgan fingerprint density at radius 3 is 2.61 bits per heavy atom. The molecule has 1 atom stereocenters. The van der Waals surface area contributed by atoms with Crippen LogP contribution in [0.4, 0.5) is 0 Å². The highest BCUT2D eigenvalue weighted by Gasteiger charge is 2.26. The first-order chi connectivity index (χ1) is 10.8. The molecule has 1 unspecified atom stereocenters. The number of amides is 1. The lowest BCUT2D eigenvalue weighted by molar-refractivity contribution is 0.0938. The van der Waals surface area contributed by atoms with Crippen molar-refractivity contribution in [1.29, 1.82) is 0 Å². The predicted molar refractivity (Wildman–Crippen MR) is 96.7 cm³/mol. The second-order valence-corrected chi connectivity index (χ2v) is 9.13. The molecule has 0 spiro atoms. The van der Waals surface area contributed by atoms with Gasteiger partial charge in [-0.25, -0.2) is 0 Å². The summed E-state index contributed by atoms with van der Waals surface area (Å²) in [5.41, 5.74) is 1.19. The first kappa shape index (κ1) is 18.3. The maximum absolute atomic E-state index is 12.3. The van der Waals surface area contributed by atoms with Gasteiger partial charge in [-0.3, -0.25) is 4.79 Å². The number of hydrogen-bond donors (Lipinski definition) is 1. The van der Waals surface area contributed by atoms with Gasteiger partial charge in [-0.2, -0.15) is 0 Å². The Bertz CT molecular complexity index is 593. The van der Waals surface area contributed by atoms with Crippen molar-refractivity contribution >= 4 is 35.1 Å². The van der Waals surface area contributed by atoms with E-state index in [1.165, 1.54) is 19.1 Å². The minimum atomic E-state index is -1.31. The van der Waals surface area contributed by atoms with Crippen molar-refractivity contribution in [2.45, 2.75) is 57.2 Å². The van der Waals surface area contributed by atoms with Crippen LogP contribution >= 0.6 is 11.6 Å². The van der Waals surface area contributed by atoms with Gasteiger partial charge in [0, 0.05) is 6.04 Å². The topological polar surface area (TPSA) is 64.5 Å². The third-order valence-electron chi connectivity index (χ3n) is 3.75. The van der Waals surface area contributed by atoms with E-state index in [1.807, 2.05) is 20.8 Å². The van der Waals surface area contributed by atoms with Gasteiger partial charge >= 0.3 is 0 Å². The van der Waals surface area contributed by atoms with Crippen molar-refractivity contribution in [1.82, 2.24) is 5.32 Å². The molecule has 0 aromatic heterocycles. The second-order valence-electron chi connectivity index (χ2n) is 6.79. The molecule has 0 aliphatic heterocycles. The fraction of sp³-hybridized carbons (Fsp3) is 0.529. The Morgan fingerprint density at radius 2 is 2.04 bits per heavy atom. The van der Waals surface area contributed by atoms with Crippen molar-refractivity contribution in [2.24, 2.45) is 4.40 Å². The van der Waals surface area contributed by atoms with Crippen LogP contribution in [0.2, 0.25) is 5.02 Å². The fourth-order valence-corrected chi connectivity index (χ4v) is 3.20. The number of nitrogens with zero attached hydrogens (tertiary/aromatic N) is 1. The molecule has 0 bridgehead atoms. The zero-order valence-electron chi connectivity index (χ0n) is 13.8. The van der Waals surface area contributed by atoms with Crippen LogP contribution in [0.5, 0.6) is 0 Å². The van der Waals surface area contributed by atoms with E-state index in [4.69, 9.17) is 11.6 Å². The maximum atomic E-state index is 12.3. The van der Waals surface area contributed by atoms with E-state index in [0.717, 1.165) is 18.4 Å². The molecule has 6 heteroatoms. The smallest absolute Gasteiger partial charge is 0.253 e. The average Bonchev–Trinajstić information content (AvgIpc) is 2.96. The van der Waals surface area contributed by atoms with Crippen molar-refractivity contribution < 1.29 is 9.35 Å². The van der Waals surface area contributed by atoms with E-state index in [9.17, 15) is 9.35 Å². The van der Waals surface area contributed by atoms with E-state index in [0.29, 0.717) is 10.6 Å². The lowest BCUT2D eigenvalue weighted by Crippen LogP contribution is -2.32. The van der Waals surface area contributed by atoms with Crippen LogP contribution in [0.3, 0.4) is 0 Å². The first-order valence-corrected chi connectivity index (χ1v) is 9.32. The molecule has 0 radical (unpaired) electrons. The summed E-state index contributed by atoms with van der Waals surface area (Å²) in [4.78, 5) is 12.3. The number of hydrogen-bond acceptors (Lipinski definition) is 3. The molecule has 126 valence electrons. The Morgan fingerprint density at radius 1 is 1.39 bits per heavy atom. The summed E-state index contributed by atoms with van der Waals surface area (Å²) in [7, 11) is 0. The molecule has 1 N–H and O–H groups in total. The van der Waals surface area contributed by atoms with Gasteiger partial charge in [-0.1, -0.05) is 34.9 Å². The fourth-order valence-electron chi connectivity index (χ4n) is 2.40. The Balaban J connectivity index is 2.05. The molecular formula is C17H23ClN2O2S. The van der Waals surface area contributed by atoms with Crippen LogP contribution in [-0.2, 0) is 11.4 Å². The summed E-state index contributed by atoms with van der Waals surface area (Å²) in [6.45, 7) is 5.59. The standard InChI is InChI=1S/C17H23ClN2O2S/c1-17(2,3)23(22)19-11-12-8-9-14(15(18)10-12)16(21)20-13-6-4-5-7-13/h8-11,13H,4-7H2,1-3H3,(H,20,21). The third-order valence-corrected chi connectivity index (χ3v) is 5.41. The average molecular weight is 355 g/mol. The molecule has 4 nitrogen and oxygen atoms in total. The number of halogens is 1. The van der Waals surface area contributed by atoms with Crippen LogP contribution in [0.15, 0.2) is 22.6 Å². The van der Waals surface area contributed by atoms with Gasteiger partial charge in [0.1, 0.15) is 16.1 Å². The van der Waals surface area contributed by atoms with E-state index in [-0.39, 0.29) is 11.9 Å². The van der Waals surface area contributed by atoms with Gasteiger partial charge in [0.2, 0.25) is 0 Å². The van der Waals surface area contributed by atoms with Crippen LogP contribution in [0, 0.1) is 0 Å². The number of carbonyl (C=O) groups is 1. The Hall–Kier alpha value is -1.04. The molecule has 0 heterocycles. The molecule has 1 amide bonds. The lowest BCUT2D eigenvalue weighted by atomic mass is 10.1. The zero-order chi connectivity index (χ0) is 17.0. The van der Waals surface area contributed by atoms with Crippen molar-refractivity contribution in [3.8, 4) is 0 Å². The van der Waals surface area contributed by atoms with E-state index in [2.05, 4.69) is 9.71 Å². The molecule has 1 aliphatic rings. The van der Waals surface area contributed by atoms with Gasteiger partial charge in [0.25, 0.3) is 5.91 Å². The summed E-state index contributed by atoms with van der Waals surface area (Å²) < 4.78 is 15.6. The van der Waals surface area contributed by atoms with Gasteiger partial charge in [-0.15, -0.1) is 0 Å². The molecule has 23 heavy (non-hydrogen) atoms. The van der Waals surface area contributed by atoms with E-state index in [1.54, 1.807) is 18.2 Å². The van der Waals surface area contributed by atoms with Gasteiger partial charge < -0.3 is 9.87 Å². The highest BCUT2D eigenvalue weighted by atomic mass is 35.5. The minimum Gasteiger partial charge on any atom is -0.591 e. The van der Waals surface area contributed by atoms with Crippen LogP contribution in [-0.4, -0.2) is 27.5 Å². The number of nitrogens with one attached hydrogen (secondary N) is 1. The monoisotopic (exact) mass is 354 g/mol. The highest BCUT2D eigenvalue weighted by Crippen LogP contribution is 2.22. The summed E-state index contributed by atoms with van der Waals surface area (Å²) >= 11 is 4.90. The molecule has 1 aliphatic carbocycles. The molecular weight excluding hydrogens is 332 g/mol. The summed E-state index contributed by atoms with van der Waals surface area (Å²) in [6, 6.07) is 5.38. The minimum absolute atomic E-state index is 0.136. The highest BCUT2D eigenvalue weighted by molar-refractivity contribution is 7.91. The van der Waals surface area contributed by atoms with E-state index >= 15 is 0 Å². The van der Waals surface area contributed by atoms with Crippen molar-refractivity contribution in [3.63, 3.8) is 0 Å². The lowest BCUT2D eigenvalue weighted by Gasteiger charge is -2.17. The first-order valence-electron chi connectivity index (χ1n) is 7.84. The SMILES string of the molecule is CC(C)(C)[S+]([O-])N=Cc1ccc(C(=O)NC2CCCC2)c(Cl)c1. The quantitative estimate of drug-likeness (QED) is 0.658. The van der Waals surface area contributed by atoms with Crippen molar-refractivity contribution in [3.05, 3.63) is 34.3 Å². The molecule has 1 fully saturated rings. The molecule has 1 aromatic rings. The van der Waals surface area contributed by atoms with Gasteiger partial charge in [0.05, 0.1) is 16.8 Å². The van der Waals surface area contributed by atoms with Crippen molar-refractivity contribution in [2.75, 3.05) is 0 Å². The molecule has 1 saturated carbocycles. The van der Waals surface area contributed by atoms with Gasteiger partial charge in [0.15, 0.2) is 0 Å². The van der Waals surface area contributed by atoms with E-state index < -0.39 is 16.1 Å². The van der Waals surface area contributed by atoms with Gasteiger partial charge in [-0.05, 0) is 51.3 Å². The molecule has 1 aromatic carbocycles. The second kappa shape index (κ2) is 7.69. The number of rotatable bonds is 4. The molecule has 0 saturated heterocycles. The molecule has 2 rings (SSSR count). The predicted octanol–water partition coefficient (Wildman–Crippen LogP) is 3.89. The largest absolute Gasteiger partial charge is 0.591 e. The normalized spacial score (nSPS) is 17.6. The summed E-state index contributed by atoms with van der Waals surface area (Å²) in [6.07, 6.45) is 5.93. The Kier molecular flexibility index (Phi) is 6.12. The summed E-state index contributed by atoms with van der Waals surface area (Å²) in [5, 5.41) is 3.40. The summed E-state index contributed by atoms with van der Waals surface area (Å²) in [5.74, 6) is -0.136. The van der Waals surface area contributed by atoms with Crippen LogP contribution < -0.4 is 5.32 Å². The number of carbonyl (C=O) groups excluding carboxylic acids is 1. The Labute approximate surface area is 146 Å². The third kappa shape index (κ3) is 5.23. The van der Waals surface area contributed by atoms with Crippen LogP contribution in [0.1, 0.15) is 62.4 Å².